The fourth-order valence-corrected chi connectivity index (χ4v) is 3.82. The van der Waals surface area contributed by atoms with Crippen LogP contribution in [0, 0.1) is 0 Å². The topological polar surface area (TPSA) is 151 Å². The van der Waals surface area contributed by atoms with E-state index in [1.54, 1.807) is 6.92 Å². The monoisotopic (exact) mass is 601 g/mol. The van der Waals surface area contributed by atoms with Gasteiger partial charge in [0, 0.05) is 32.2 Å². The maximum atomic E-state index is 11.9. The van der Waals surface area contributed by atoms with Crippen LogP contribution in [-0.4, -0.2) is 72.0 Å². The molecule has 1 fully saturated rings. The summed E-state index contributed by atoms with van der Waals surface area (Å²) in [5, 5.41) is 7.04. The summed E-state index contributed by atoms with van der Waals surface area (Å²) in [6, 6.07) is 7.45. The summed E-state index contributed by atoms with van der Waals surface area (Å²) in [4.78, 5) is 47.0. The van der Waals surface area contributed by atoms with Crippen molar-refractivity contribution in [2.75, 3.05) is 6.61 Å². The number of hydrogen-bond donors (Lipinski definition) is 2. The zero-order valence-corrected chi connectivity index (χ0v) is 23.2. The fourth-order valence-electron chi connectivity index (χ4n) is 3.40. The molecule has 0 radical (unpaired) electrons. The maximum absolute atomic E-state index is 11.9. The Hall–Kier alpha value is -3.10. The van der Waals surface area contributed by atoms with Crippen LogP contribution in [0.25, 0.3) is 0 Å². The highest BCUT2D eigenvalue weighted by Gasteiger charge is 2.52. The average molecular weight is 602 g/mol. The van der Waals surface area contributed by atoms with E-state index in [1.165, 1.54) is 6.92 Å². The van der Waals surface area contributed by atoms with Crippen LogP contribution in [0.15, 0.2) is 33.8 Å². The van der Waals surface area contributed by atoms with Crippen molar-refractivity contribution in [2.24, 2.45) is 5.10 Å². The molecule has 0 aliphatic carbocycles. The van der Waals surface area contributed by atoms with E-state index in [0.29, 0.717) is 5.71 Å². The van der Waals surface area contributed by atoms with E-state index in [0.717, 1.165) is 30.8 Å². The Labute approximate surface area is 227 Å². The molecule has 0 bridgehead atoms. The zero-order chi connectivity index (χ0) is 27.7. The summed E-state index contributed by atoms with van der Waals surface area (Å²) in [5.41, 5.74) is 4.14. The minimum absolute atomic E-state index is 0.0163. The first kappa shape index (κ1) is 30.1. The van der Waals surface area contributed by atoms with E-state index < -0.39 is 54.5 Å². The van der Waals surface area contributed by atoms with E-state index in [4.69, 9.17) is 35.9 Å². The lowest BCUT2D eigenvalue weighted by molar-refractivity contribution is -0.254. The number of nitrogens with one attached hydrogen (secondary N) is 2. The summed E-state index contributed by atoms with van der Waals surface area (Å²) in [6.07, 6.45) is -6.17. The first-order valence-corrected chi connectivity index (χ1v) is 12.2. The van der Waals surface area contributed by atoms with Crippen molar-refractivity contribution in [3.8, 4) is 0 Å². The molecule has 0 spiro atoms. The number of ether oxygens (including phenoxy) is 5. The Bertz CT molecular complexity index is 1050. The standard InChI is InChI=1S/C23H28BrN3O9S/c1-11(16-6-8-17(24)9-7-16)26-27-23(37)25-22-21(35-15(5)31)20(34-14(4)30)19(33-13(3)29)18(36-22)10-32-12(2)28/h6-9,18-22H,10H2,1-5H3,(H2,25,27,37)/b26-11+/t18-,19-,20+,21-,22-/m1/s1. The Morgan fingerprint density at radius 1 is 0.892 bits per heavy atom. The number of rotatable bonds is 8. The van der Waals surface area contributed by atoms with Gasteiger partial charge >= 0.3 is 23.9 Å². The average Bonchev–Trinajstić information content (AvgIpc) is 2.79. The van der Waals surface area contributed by atoms with Crippen molar-refractivity contribution in [1.82, 2.24) is 10.7 Å². The Morgan fingerprint density at radius 3 is 1.97 bits per heavy atom. The van der Waals surface area contributed by atoms with Crippen molar-refractivity contribution in [1.29, 1.82) is 0 Å². The molecule has 1 saturated heterocycles. The quantitative estimate of drug-likeness (QED) is 0.147. The largest absolute Gasteiger partial charge is 0.463 e. The minimum Gasteiger partial charge on any atom is -0.463 e. The molecule has 1 aliphatic heterocycles. The lowest BCUT2D eigenvalue weighted by Gasteiger charge is -2.44. The molecule has 5 atom stereocenters. The van der Waals surface area contributed by atoms with Crippen molar-refractivity contribution in [3.63, 3.8) is 0 Å². The van der Waals surface area contributed by atoms with Crippen LogP contribution >= 0.6 is 28.1 Å². The normalized spacial score (nSPS) is 23.3. The Morgan fingerprint density at radius 2 is 1.43 bits per heavy atom. The molecule has 1 aromatic carbocycles. The summed E-state index contributed by atoms with van der Waals surface area (Å²) >= 11 is 8.70. The first-order chi connectivity index (χ1) is 17.4. The molecular formula is C23H28BrN3O9S. The molecule has 0 aromatic heterocycles. The smallest absolute Gasteiger partial charge is 0.303 e. The molecule has 1 aliphatic rings. The van der Waals surface area contributed by atoms with E-state index >= 15 is 0 Å². The predicted octanol–water partition coefficient (Wildman–Crippen LogP) is 1.72. The van der Waals surface area contributed by atoms with Crippen molar-refractivity contribution >= 4 is 62.8 Å². The van der Waals surface area contributed by atoms with Crippen LogP contribution in [0.2, 0.25) is 0 Å². The summed E-state index contributed by atoms with van der Waals surface area (Å²) in [6.45, 7) is 6.04. The minimum atomic E-state index is -1.31. The van der Waals surface area contributed by atoms with Gasteiger partial charge in [0.15, 0.2) is 29.7 Å². The van der Waals surface area contributed by atoms with Gasteiger partial charge in [-0.15, -0.1) is 0 Å². The van der Waals surface area contributed by atoms with Gasteiger partial charge < -0.3 is 29.0 Å². The third kappa shape index (κ3) is 9.70. The van der Waals surface area contributed by atoms with E-state index in [-0.39, 0.29) is 11.7 Å². The van der Waals surface area contributed by atoms with Crippen LogP contribution in [0.3, 0.4) is 0 Å². The van der Waals surface area contributed by atoms with E-state index in [9.17, 15) is 19.2 Å². The third-order valence-corrected chi connectivity index (χ3v) is 5.59. The van der Waals surface area contributed by atoms with E-state index in [1.807, 2.05) is 24.3 Å². The third-order valence-electron chi connectivity index (χ3n) is 4.85. The summed E-state index contributed by atoms with van der Waals surface area (Å²) in [7, 11) is 0. The van der Waals surface area contributed by atoms with Crippen LogP contribution < -0.4 is 10.7 Å². The van der Waals surface area contributed by atoms with Gasteiger partial charge in [0.05, 0.1) is 5.71 Å². The zero-order valence-electron chi connectivity index (χ0n) is 20.8. The maximum Gasteiger partial charge on any atom is 0.303 e. The van der Waals surface area contributed by atoms with Crippen LogP contribution in [0.1, 0.15) is 40.2 Å². The fraction of sp³-hybridized carbons (Fsp3) is 0.478. The molecule has 2 rings (SSSR count). The van der Waals surface area contributed by atoms with Gasteiger partial charge in [-0.05, 0) is 36.8 Å². The molecule has 202 valence electrons. The number of halogens is 1. The highest BCUT2D eigenvalue weighted by atomic mass is 79.9. The van der Waals surface area contributed by atoms with Crippen molar-refractivity contribution < 1.29 is 42.9 Å². The molecule has 14 heteroatoms. The second-order valence-electron chi connectivity index (χ2n) is 7.91. The number of esters is 4. The van der Waals surface area contributed by atoms with Crippen LogP contribution in [-0.2, 0) is 42.9 Å². The van der Waals surface area contributed by atoms with Gasteiger partial charge in [0.2, 0.25) is 0 Å². The van der Waals surface area contributed by atoms with Crippen molar-refractivity contribution in [2.45, 2.75) is 65.3 Å². The van der Waals surface area contributed by atoms with Gasteiger partial charge in [-0.2, -0.15) is 5.10 Å². The van der Waals surface area contributed by atoms with Crippen LogP contribution in [0.4, 0.5) is 0 Å². The number of nitrogens with zero attached hydrogens (tertiary/aromatic N) is 1. The molecule has 0 amide bonds. The number of carbonyl (C=O) groups excluding carboxylic acids is 4. The molecule has 1 aromatic rings. The molecule has 0 saturated carbocycles. The number of thiocarbonyl (C=S) groups is 1. The Kier molecular flexibility index (Phi) is 11.4. The number of benzene rings is 1. The van der Waals surface area contributed by atoms with Crippen molar-refractivity contribution in [3.05, 3.63) is 34.3 Å². The molecule has 12 nitrogen and oxygen atoms in total. The first-order valence-electron chi connectivity index (χ1n) is 11.0. The SMILES string of the molecule is CC(=O)OC[C@H]1O[C@@H](NC(=S)N/N=C(\C)c2ccc(Br)cc2)[C@H](OC(C)=O)[C@@H](OC(C)=O)[C@@H]1OC(C)=O. The molecule has 2 N–H and O–H groups in total. The lowest BCUT2D eigenvalue weighted by atomic mass is 9.97. The molecule has 1 heterocycles. The molecule has 0 unspecified atom stereocenters. The Balaban J connectivity index is 2.31. The number of hydrazone groups is 1. The second kappa shape index (κ2) is 14.0. The van der Waals surface area contributed by atoms with Gasteiger partial charge in [0.25, 0.3) is 0 Å². The predicted molar refractivity (Wildman–Crippen MR) is 137 cm³/mol. The number of carbonyl (C=O) groups is 4. The van der Waals surface area contributed by atoms with E-state index in [2.05, 4.69) is 31.8 Å². The van der Waals surface area contributed by atoms with Gasteiger partial charge in [-0.3, -0.25) is 24.6 Å². The molecule has 37 heavy (non-hydrogen) atoms. The van der Waals surface area contributed by atoms with Crippen LogP contribution in [0.5, 0.6) is 0 Å². The highest BCUT2D eigenvalue weighted by molar-refractivity contribution is 9.10. The number of hydrogen-bond acceptors (Lipinski definition) is 11. The van der Waals surface area contributed by atoms with Gasteiger partial charge in [-0.25, -0.2) is 0 Å². The second-order valence-corrected chi connectivity index (χ2v) is 9.23. The van der Waals surface area contributed by atoms with Gasteiger partial charge in [0.1, 0.15) is 12.7 Å². The van der Waals surface area contributed by atoms with Gasteiger partial charge in [-0.1, -0.05) is 28.1 Å². The highest BCUT2D eigenvalue weighted by Crippen LogP contribution is 2.28. The summed E-state index contributed by atoms with van der Waals surface area (Å²) < 4.78 is 28.0. The molecular weight excluding hydrogens is 574 g/mol. The lowest BCUT2D eigenvalue weighted by Crippen LogP contribution is -2.66. The summed E-state index contributed by atoms with van der Waals surface area (Å²) in [5.74, 6) is -2.79.